The molecule has 0 spiro atoms. The summed E-state index contributed by atoms with van der Waals surface area (Å²) in [4.78, 5) is 0. The van der Waals surface area contributed by atoms with Gasteiger partial charge in [0, 0.05) is 11.0 Å². The lowest BCUT2D eigenvalue weighted by atomic mass is 10.1. The van der Waals surface area contributed by atoms with E-state index in [2.05, 4.69) is 27.3 Å². The molecule has 0 saturated heterocycles. The van der Waals surface area contributed by atoms with Gasteiger partial charge in [0.15, 0.2) is 0 Å². The van der Waals surface area contributed by atoms with Crippen LogP contribution in [0.5, 0.6) is 0 Å². The maximum atomic E-state index is 13.2. The Balaban J connectivity index is 2.19. The smallest absolute Gasteiger partial charge is 0.123 e. The van der Waals surface area contributed by atoms with Crippen molar-refractivity contribution in [3.8, 4) is 6.07 Å². The van der Waals surface area contributed by atoms with E-state index in [-0.39, 0.29) is 5.82 Å². The molecule has 0 fully saturated rings. The van der Waals surface area contributed by atoms with Gasteiger partial charge in [-0.25, -0.2) is 4.39 Å². The number of benzene rings is 2. The summed E-state index contributed by atoms with van der Waals surface area (Å²) < 4.78 is 14.0. The molecule has 0 heterocycles. The Bertz CT molecular complexity index is 647. The van der Waals surface area contributed by atoms with E-state index >= 15 is 0 Å². The van der Waals surface area contributed by atoms with Crippen molar-refractivity contribution >= 4 is 21.6 Å². The molecule has 0 unspecified atom stereocenters. The first-order chi connectivity index (χ1) is 9.10. The zero-order valence-corrected chi connectivity index (χ0v) is 12.0. The molecule has 2 aromatic rings. The molecule has 0 aliphatic carbocycles. The van der Waals surface area contributed by atoms with Crippen LogP contribution in [0.25, 0.3) is 0 Å². The summed E-state index contributed by atoms with van der Waals surface area (Å²) in [5.74, 6) is -0.274. The van der Waals surface area contributed by atoms with Gasteiger partial charge in [-0.3, -0.25) is 0 Å². The second kappa shape index (κ2) is 5.85. The van der Waals surface area contributed by atoms with Gasteiger partial charge in [-0.05, 0) is 48.4 Å². The van der Waals surface area contributed by atoms with E-state index in [1.54, 1.807) is 6.07 Å². The number of halogens is 2. The fourth-order valence-corrected chi connectivity index (χ4v) is 2.16. The molecule has 4 heteroatoms. The molecule has 1 N–H and O–H groups in total. The number of nitriles is 1. The minimum Gasteiger partial charge on any atom is -0.380 e. The second-order valence-corrected chi connectivity index (χ2v) is 5.10. The van der Waals surface area contributed by atoms with Gasteiger partial charge >= 0.3 is 0 Å². The molecule has 0 aliphatic rings. The Morgan fingerprint density at radius 2 is 2.05 bits per heavy atom. The summed E-state index contributed by atoms with van der Waals surface area (Å²) in [5, 5.41) is 12.2. The lowest BCUT2D eigenvalue weighted by Crippen LogP contribution is -2.02. The summed E-state index contributed by atoms with van der Waals surface area (Å²) in [6, 6.07) is 12.3. The van der Waals surface area contributed by atoms with Crippen molar-refractivity contribution in [2.75, 3.05) is 5.32 Å². The minimum atomic E-state index is -0.274. The van der Waals surface area contributed by atoms with Gasteiger partial charge in [0.25, 0.3) is 0 Å². The minimum absolute atomic E-state index is 0.274. The van der Waals surface area contributed by atoms with E-state index in [1.165, 1.54) is 12.1 Å². The number of anilines is 1. The maximum absolute atomic E-state index is 13.2. The number of nitrogens with zero attached hydrogens (tertiary/aromatic N) is 1. The molecule has 0 atom stereocenters. The van der Waals surface area contributed by atoms with Crippen LogP contribution in [-0.2, 0) is 6.54 Å². The summed E-state index contributed by atoms with van der Waals surface area (Å²) in [5.41, 5.74) is 3.19. The standard InChI is InChI=1S/C15H12BrFN2/c1-10-2-5-15(11(6-10)8-18)19-9-12-7-13(17)3-4-14(12)16/h2-7,19H,9H2,1H3. The molecule has 96 valence electrons. The predicted octanol–water partition coefficient (Wildman–Crippen LogP) is 4.38. The zero-order chi connectivity index (χ0) is 13.8. The van der Waals surface area contributed by atoms with E-state index in [1.807, 2.05) is 25.1 Å². The third kappa shape index (κ3) is 3.33. The lowest BCUT2D eigenvalue weighted by Gasteiger charge is -2.10. The molecule has 0 bridgehead atoms. The monoisotopic (exact) mass is 318 g/mol. The van der Waals surface area contributed by atoms with Crippen LogP contribution in [0.4, 0.5) is 10.1 Å². The fraction of sp³-hybridized carbons (Fsp3) is 0.133. The summed E-state index contributed by atoms with van der Waals surface area (Å²) in [6.07, 6.45) is 0. The van der Waals surface area contributed by atoms with Crippen molar-refractivity contribution in [3.05, 3.63) is 63.4 Å². The maximum Gasteiger partial charge on any atom is 0.123 e. The van der Waals surface area contributed by atoms with Gasteiger partial charge in [-0.1, -0.05) is 22.0 Å². The zero-order valence-electron chi connectivity index (χ0n) is 10.4. The third-order valence-corrected chi connectivity index (χ3v) is 3.55. The van der Waals surface area contributed by atoms with Crippen molar-refractivity contribution in [1.29, 1.82) is 5.26 Å². The average Bonchev–Trinajstić information content (AvgIpc) is 2.40. The first-order valence-corrected chi connectivity index (χ1v) is 6.58. The van der Waals surface area contributed by atoms with E-state index in [9.17, 15) is 4.39 Å². The van der Waals surface area contributed by atoms with Crippen LogP contribution in [0.3, 0.4) is 0 Å². The predicted molar refractivity (Wildman–Crippen MR) is 77.3 cm³/mol. The highest BCUT2D eigenvalue weighted by Gasteiger charge is 2.05. The van der Waals surface area contributed by atoms with Crippen molar-refractivity contribution in [1.82, 2.24) is 0 Å². The Hall–Kier alpha value is -1.86. The molecule has 2 nitrogen and oxygen atoms in total. The summed E-state index contributed by atoms with van der Waals surface area (Å²) >= 11 is 3.38. The van der Waals surface area contributed by atoms with Gasteiger partial charge in [0.2, 0.25) is 0 Å². The van der Waals surface area contributed by atoms with Crippen molar-refractivity contribution < 1.29 is 4.39 Å². The summed E-state index contributed by atoms with van der Waals surface area (Å²) in [7, 11) is 0. The van der Waals surface area contributed by atoms with E-state index in [0.717, 1.165) is 21.3 Å². The first kappa shape index (κ1) is 13.6. The van der Waals surface area contributed by atoms with E-state index in [4.69, 9.17) is 5.26 Å². The molecular weight excluding hydrogens is 307 g/mol. The topological polar surface area (TPSA) is 35.8 Å². The number of rotatable bonds is 3. The number of hydrogen-bond acceptors (Lipinski definition) is 2. The lowest BCUT2D eigenvalue weighted by molar-refractivity contribution is 0.625. The number of aryl methyl sites for hydroxylation is 1. The summed E-state index contributed by atoms with van der Waals surface area (Å²) in [6.45, 7) is 2.39. The third-order valence-electron chi connectivity index (χ3n) is 2.77. The molecule has 0 aliphatic heterocycles. The van der Waals surface area contributed by atoms with Gasteiger partial charge in [-0.2, -0.15) is 5.26 Å². The van der Waals surface area contributed by atoms with Crippen LogP contribution in [-0.4, -0.2) is 0 Å². The SMILES string of the molecule is Cc1ccc(NCc2cc(F)ccc2Br)c(C#N)c1. The molecule has 2 aromatic carbocycles. The molecule has 19 heavy (non-hydrogen) atoms. The molecule has 0 radical (unpaired) electrons. The van der Waals surface area contributed by atoms with E-state index < -0.39 is 0 Å². The van der Waals surface area contributed by atoms with Crippen LogP contribution in [0.1, 0.15) is 16.7 Å². The molecule has 0 saturated carbocycles. The van der Waals surface area contributed by atoms with Gasteiger partial charge in [0.1, 0.15) is 11.9 Å². The quantitative estimate of drug-likeness (QED) is 0.911. The average molecular weight is 319 g/mol. The molecule has 0 amide bonds. The molecule has 2 rings (SSSR count). The van der Waals surface area contributed by atoms with Crippen LogP contribution < -0.4 is 5.32 Å². The van der Waals surface area contributed by atoms with E-state index in [0.29, 0.717) is 12.1 Å². The normalized spacial score (nSPS) is 10.0. The Kier molecular flexibility index (Phi) is 4.18. The Morgan fingerprint density at radius 1 is 1.26 bits per heavy atom. The second-order valence-electron chi connectivity index (χ2n) is 4.25. The highest BCUT2D eigenvalue weighted by Crippen LogP contribution is 2.21. The Morgan fingerprint density at radius 3 is 2.79 bits per heavy atom. The van der Waals surface area contributed by atoms with Crippen LogP contribution in [0, 0.1) is 24.1 Å². The molecule has 0 aromatic heterocycles. The van der Waals surface area contributed by atoms with Crippen molar-refractivity contribution in [3.63, 3.8) is 0 Å². The first-order valence-electron chi connectivity index (χ1n) is 5.78. The van der Waals surface area contributed by atoms with Crippen molar-refractivity contribution in [2.24, 2.45) is 0 Å². The van der Waals surface area contributed by atoms with Crippen LogP contribution in [0.2, 0.25) is 0 Å². The Labute approximate surface area is 120 Å². The van der Waals surface area contributed by atoms with Crippen molar-refractivity contribution in [2.45, 2.75) is 13.5 Å². The largest absolute Gasteiger partial charge is 0.380 e. The van der Waals surface area contributed by atoms with Crippen LogP contribution >= 0.6 is 15.9 Å². The van der Waals surface area contributed by atoms with Gasteiger partial charge in [-0.15, -0.1) is 0 Å². The van der Waals surface area contributed by atoms with Crippen LogP contribution in [0.15, 0.2) is 40.9 Å². The molecular formula is C15H12BrFN2. The number of nitrogens with one attached hydrogen (secondary N) is 1. The highest BCUT2D eigenvalue weighted by molar-refractivity contribution is 9.10. The van der Waals surface area contributed by atoms with Gasteiger partial charge in [0.05, 0.1) is 11.3 Å². The number of hydrogen-bond donors (Lipinski definition) is 1. The highest BCUT2D eigenvalue weighted by atomic mass is 79.9. The fourth-order valence-electron chi connectivity index (χ4n) is 1.77. The van der Waals surface area contributed by atoms with Gasteiger partial charge < -0.3 is 5.32 Å².